The van der Waals surface area contributed by atoms with E-state index in [2.05, 4.69) is 5.32 Å². The van der Waals surface area contributed by atoms with Crippen molar-refractivity contribution in [2.75, 3.05) is 38.2 Å². The minimum Gasteiger partial charge on any atom is -0.492 e. The molecule has 28 heavy (non-hydrogen) atoms. The zero-order chi connectivity index (χ0) is 20.1. The van der Waals surface area contributed by atoms with Gasteiger partial charge in [-0.3, -0.25) is 0 Å². The Morgan fingerprint density at radius 2 is 1.93 bits per heavy atom. The molecule has 1 aliphatic heterocycles. The Hall–Kier alpha value is -2.23. The lowest BCUT2D eigenvalue weighted by Crippen LogP contribution is -2.40. The molecule has 152 valence electrons. The van der Waals surface area contributed by atoms with Gasteiger partial charge in [0.2, 0.25) is 10.0 Å². The Balaban J connectivity index is 1.88. The van der Waals surface area contributed by atoms with E-state index in [4.69, 9.17) is 9.47 Å². The summed E-state index contributed by atoms with van der Waals surface area (Å²) in [6, 6.07) is 8.40. The zero-order valence-electron chi connectivity index (χ0n) is 15.5. The van der Waals surface area contributed by atoms with Crippen LogP contribution in [0.4, 0.5) is 14.5 Å². The lowest BCUT2D eigenvalue weighted by atomic mass is 10.2. The summed E-state index contributed by atoms with van der Waals surface area (Å²) < 4.78 is 65.2. The molecule has 0 aliphatic carbocycles. The number of sulfonamides is 1. The lowest BCUT2D eigenvalue weighted by Gasteiger charge is -2.26. The van der Waals surface area contributed by atoms with Gasteiger partial charge in [-0.1, -0.05) is 12.1 Å². The smallest absolute Gasteiger partial charge is 0.243 e. The molecule has 0 unspecified atom stereocenters. The van der Waals surface area contributed by atoms with E-state index in [0.29, 0.717) is 31.3 Å². The highest BCUT2D eigenvalue weighted by Crippen LogP contribution is 2.30. The number of rotatable bonds is 7. The first-order valence-corrected chi connectivity index (χ1v) is 10.4. The second-order valence-electron chi connectivity index (χ2n) is 6.17. The zero-order valence-corrected chi connectivity index (χ0v) is 16.3. The van der Waals surface area contributed by atoms with E-state index in [1.165, 1.54) is 28.6 Å². The van der Waals surface area contributed by atoms with E-state index in [-0.39, 0.29) is 30.1 Å². The maximum atomic E-state index is 13.9. The molecule has 1 fully saturated rings. The molecule has 2 aromatic carbocycles. The van der Waals surface area contributed by atoms with Crippen molar-refractivity contribution in [3.8, 4) is 5.75 Å². The average molecular weight is 412 g/mol. The van der Waals surface area contributed by atoms with Crippen LogP contribution >= 0.6 is 0 Å². The topological polar surface area (TPSA) is 67.9 Å². The van der Waals surface area contributed by atoms with Crippen LogP contribution in [-0.4, -0.2) is 45.6 Å². The summed E-state index contributed by atoms with van der Waals surface area (Å²) in [7, 11) is -3.69. The number of anilines is 1. The number of halogens is 2. The average Bonchev–Trinajstić information content (AvgIpc) is 2.70. The molecule has 0 amide bonds. The quantitative estimate of drug-likeness (QED) is 0.757. The summed E-state index contributed by atoms with van der Waals surface area (Å²) in [5, 5.41) is 2.96. The van der Waals surface area contributed by atoms with Gasteiger partial charge in [-0.2, -0.15) is 4.31 Å². The summed E-state index contributed by atoms with van der Waals surface area (Å²) in [5.41, 5.74) is 0.517. The van der Waals surface area contributed by atoms with Crippen LogP contribution in [0.3, 0.4) is 0 Å². The highest BCUT2D eigenvalue weighted by Gasteiger charge is 2.27. The van der Waals surface area contributed by atoms with Gasteiger partial charge in [-0.15, -0.1) is 0 Å². The maximum absolute atomic E-state index is 13.9. The Labute approximate surface area is 163 Å². The van der Waals surface area contributed by atoms with E-state index < -0.39 is 21.7 Å². The Bertz CT molecular complexity index is 932. The highest BCUT2D eigenvalue weighted by atomic mass is 32.2. The fourth-order valence-electron chi connectivity index (χ4n) is 2.90. The van der Waals surface area contributed by atoms with Gasteiger partial charge in [-0.25, -0.2) is 17.2 Å². The molecular weight excluding hydrogens is 390 g/mol. The van der Waals surface area contributed by atoms with Crippen LogP contribution in [0, 0.1) is 11.6 Å². The molecule has 6 nitrogen and oxygen atoms in total. The number of hydrogen-bond acceptors (Lipinski definition) is 5. The normalized spacial score (nSPS) is 15.4. The molecule has 1 heterocycles. The van der Waals surface area contributed by atoms with Crippen molar-refractivity contribution in [3.63, 3.8) is 0 Å². The molecule has 0 saturated carbocycles. The third kappa shape index (κ3) is 4.43. The lowest BCUT2D eigenvalue weighted by molar-refractivity contribution is 0.0730. The molecule has 0 radical (unpaired) electrons. The molecule has 2 aromatic rings. The first kappa shape index (κ1) is 20.5. The summed E-state index contributed by atoms with van der Waals surface area (Å²) >= 11 is 0. The highest BCUT2D eigenvalue weighted by molar-refractivity contribution is 7.89. The van der Waals surface area contributed by atoms with Gasteiger partial charge in [0, 0.05) is 25.2 Å². The summed E-state index contributed by atoms with van der Waals surface area (Å²) in [5.74, 6) is -1.45. The Morgan fingerprint density at radius 1 is 1.18 bits per heavy atom. The van der Waals surface area contributed by atoms with E-state index in [1.807, 2.05) is 0 Å². The molecular formula is C19H22F2N2O4S. The molecule has 3 rings (SSSR count). The van der Waals surface area contributed by atoms with Crippen molar-refractivity contribution >= 4 is 15.7 Å². The third-order valence-electron chi connectivity index (χ3n) is 4.36. The monoisotopic (exact) mass is 412 g/mol. The minimum atomic E-state index is -3.69. The fraction of sp³-hybridized carbons (Fsp3) is 0.368. The van der Waals surface area contributed by atoms with E-state index in [1.54, 1.807) is 13.0 Å². The van der Waals surface area contributed by atoms with Crippen molar-refractivity contribution < 1.29 is 26.7 Å². The van der Waals surface area contributed by atoms with Gasteiger partial charge in [-0.05, 0) is 31.2 Å². The number of ether oxygens (including phenoxy) is 2. The second-order valence-corrected chi connectivity index (χ2v) is 8.11. The number of nitrogens with zero attached hydrogens (tertiary/aromatic N) is 1. The maximum Gasteiger partial charge on any atom is 0.243 e. The predicted molar refractivity (Wildman–Crippen MR) is 101 cm³/mol. The van der Waals surface area contributed by atoms with Crippen molar-refractivity contribution in [1.29, 1.82) is 0 Å². The van der Waals surface area contributed by atoms with Gasteiger partial charge in [0.1, 0.15) is 5.75 Å². The molecule has 0 atom stereocenters. The third-order valence-corrected chi connectivity index (χ3v) is 6.25. The van der Waals surface area contributed by atoms with Crippen LogP contribution in [0.1, 0.15) is 12.5 Å². The predicted octanol–water partition coefficient (Wildman–Crippen LogP) is 3.00. The van der Waals surface area contributed by atoms with Crippen LogP contribution in [0.15, 0.2) is 41.3 Å². The van der Waals surface area contributed by atoms with Gasteiger partial charge in [0.25, 0.3) is 0 Å². The second kappa shape index (κ2) is 8.85. The first-order valence-electron chi connectivity index (χ1n) is 8.95. The SMILES string of the molecule is CCOc1ccc(S(=O)(=O)N2CCOCC2)cc1NCc1cccc(F)c1F. The number of morpholine rings is 1. The van der Waals surface area contributed by atoms with Crippen LogP contribution in [0.2, 0.25) is 0 Å². The molecule has 0 aromatic heterocycles. The fourth-order valence-corrected chi connectivity index (χ4v) is 4.34. The summed E-state index contributed by atoms with van der Waals surface area (Å²) in [6.45, 7) is 3.41. The van der Waals surface area contributed by atoms with Crippen LogP contribution < -0.4 is 10.1 Å². The molecule has 0 spiro atoms. The van der Waals surface area contributed by atoms with Crippen molar-refractivity contribution in [2.45, 2.75) is 18.4 Å². The first-order chi connectivity index (χ1) is 13.4. The summed E-state index contributed by atoms with van der Waals surface area (Å²) in [6.07, 6.45) is 0. The van der Waals surface area contributed by atoms with E-state index >= 15 is 0 Å². The largest absolute Gasteiger partial charge is 0.492 e. The number of hydrogen-bond donors (Lipinski definition) is 1. The minimum absolute atomic E-state index is 0.0231. The molecule has 1 saturated heterocycles. The van der Waals surface area contributed by atoms with Crippen molar-refractivity contribution in [1.82, 2.24) is 4.31 Å². The summed E-state index contributed by atoms with van der Waals surface area (Å²) in [4.78, 5) is 0.0973. The van der Waals surface area contributed by atoms with Gasteiger partial charge in [0.05, 0.1) is 30.4 Å². The Morgan fingerprint density at radius 3 is 2.64 bits per heavy atom. The van der Waals surface area contributed by atoms with Crippen molar-refractivity contribution in [2.24, 2.45) is 0 Å². The van der Waals surface area contributed by atoms with Crippen LogP contribution in [0.25, 0.3) is 0 Å². The molecule has 9 heteroatoms. The molecule has 0 bridgehead atoms. The van der Waals surface area contributed by atoms with E-state index in [9.17, 15) is 17.2 Å². The van der Waals surface area contributed by atoms with Crippen LogP contribution in [-0.2, 0) is 21.3 Å². The molecule has 1 aliphatic rings. The Kier molecular flexibility index (Phi) is 6.48. The van der Waals surface area contributed by atoms with Crippen molar-refractivity contribution in [3.05, 3.63) is 53.6 Å². The van der Waals surface area contributed by atoms with Gasteiger partial charge >= 0.3 is 0 Å². The standard InChI is InChI=1S/C19H22F2N2O4S/c1-2-27-18-7-6-15(28(24,25)23-8-10-26-11-9-23)12-17(18)22-13-14-4-3-5-16(20)19(14)21/h3-7,12,22H,2,8-11,13H2,1H3. The van der Waals surface area contributed by atoms with Gasteiger partial charge < -0.3 is 14.8 Å². The van der Waals surface area contributed by atoms with E-state index in [0.717, 1.165) is 6.07 Å². The van der Waals surface area contributed by atoms with Gasteiger partial charge in [0.15, 0.2) is 11.6 Å². The number of nitrogens with one attached hydrogen (secondary N) is 1. The molecule has 1 N–H and O–H groups in total. The van der Waals surface area contributed by atoms with Crippen LogP contribution in [0.5, 0.6) is 5.75 Å². The number of benzene rings is 2.